The van der Waals surface area contributed by atoms with Gasteiger partial charge in [0, 0.05) is 34.0 Å². The monoisotopic (exact) mass is 798 g/mol. The van der Waals surface area contributed by atoms with E-state index in [1.807, 2.05) is 0 Å². The summed E-state index contributed by atoms with van der Waals surface area (Å²) in [6.45, 7) is 12.1. The summed E-state index contributed by atoms with van der Waals surface area (Å²) in [6.07, 6.45) is 2.35. The molecular formula is C59H51BN2. The lowest BCUT2D eigenvalue weighted by molar-refractivity contribution is 0.332. The summed E-state index contributed by atoms with van der Waals surface area (Å²) >= 11 is 0. The highest BCUT2D eigenvalue weighted by atomic mass is 15.2. The van der Waals surface area contributed by atoms with Crippen LogP contribution in [0.15, 0.2) is 182 Å². The van der Waals surface area contributed by atoms with E-state index in [0.717, 1.165) is 18.7 Å². The van der Waals surface area contributed by atoms with Gasteiger partial charge in [-0.3, -0.25) is 0 Å². The second-order valence-electron chi connectivity index (χ2n) is 18.9. The van der Waals surface area contributed by atoms with E-state index < -0.39 is 0 Å². The van der Waals surface area contributed by atoms with Crippen molar-refractivity contribution in [2.45, 2.75) is 58.3 Å². The first-order valence-corrected chi connectivity index (χ1v) is 22.3. The van der Waals surface area contributed by atoms with Gasteiger partial charge in [-0.15, -0.1) is 0 Å². The maximum atomic E-state index is 3.96. The molecule has 2 nitrogen and oxygen atoms in total. The number of nitrogens with zero attached hydrogens (tertiary/aromatic N) is 1. The van der Waals surface area contributed by atoms with E-state index >= 15 is 0 Å². The van der Waals surface area contributed by atoms with Crippen molar-refractivity contribution >= 4 is 68.2 Å². The van der Waals surface area contributed by atoms with Crippen LogP contribution >= 0.6 is 0 Å². The van der Waals surface area contributed by atoms with Crippen molar-refractivity contribution in [2.75, 3.05) is 10.2 Å². The summed E-state index contributed by atoms with van der Waals surface area (Å²) in [4.78, 5) is 2.63. The Morgan fingerprint density at radius 2 is 1.03 bits per heavy atom. The van der Waals surface area contributed by atoms with Crippen LogP contribution in [0, 0.1) is 6.92 Å². The van der Waals surface area contributed by atoms with Crippen molar-refractivity contribution in [3.05, 3.63) is 199 Å². The molecule has 1 heterocycles. The largest absolute Gasteiger partial charge is 0.355 e. The number of rotatable bonds is 6. The average molecular weight is 799 g/mol. The first-order chi connectivity index (χ1) is 30.1. The Balaban J connectivity index is 1.19. The number of hydrogen-bond donors (Lipinski definition) is 1. The Kier molecular flexibility index (Phi) is 9.02. The maximum absolute atomic E-state index is 3.96. The molecule has 1 aliphatic carbocycles. The summed E-state index contributed by atoms with van der Waals surface area (Å²) in [5, 5.41) is 8.93. The highest BCUT2D eigenvalue weighted by molar-refractivity contribution is 6.74. The highest BCUT2D eigenvalue weighted by Gasteiger charge is 2.40. The van der Waals surface area contributed by atoms with E-state index in [1.165, 1.54) is 112 Å². The van der Waals surface area contributed by atoms with Crippen LogP contribution in [0.2, 0.25) is 0 Å². The fourth-order valence-electron chi connectivity index (χ4n) is 10.5. The molecule has 0 aromatic heterocycles. The van der Waals surface area contributed by atoms with E-state index in [1.54, 1.807) is 0 Å². The maximum Gasteiger partial charge on any atom is 0.198 e. The van der Waals surface area contributed by atoms with E-state index in [2.05, 4.69) is 227 Å². The molecule has 9 aromatic rings. The topological polar surface area (TPSA) is 15.3 Å². The Morgan fingerprint density at radius 3 is 1.73 bits per heavy atom. The van der Waals surface area contributed by atoms with Crippen LogP contribution in [0.5, 0.6) is 0 Å². The van der Waals surface area contributed by atoms with Gasteiger partial charge in [-0.2, -0.15) is 0 Å². The Morgan fingerprint density at radius 1 is 0.468 bits per heavy atom. The van der Waals surface area contributed by atoms with Crippen molar-refractivity contribution in [3.8, 4) is 33.4 Å². The molecule has 0 saturated carbocycles. The van der Waals surface area contributed by atoms with Gasteiger partial charge in [0.2, 0.25) is 0 Å². The summed E-state index contributed by atoms with van der Waals surface area (Å²) in [7, 11) is 0.830. The molecule has 62 heavy (non-hydrogen) atoms. The first-order valence-electron chi connectivity index (χ1n) is 22.3. The molecule has 0 atom stereocenters. The van der Waals surface area contributed by atoms with Crippen molar-refractivity contribution in [1.29, 1.82) is 0 Å². The van der Waals surface area contributed by atoms with E-state index in [0.29, 0.717) is 0 Å². The lowest BCUT2D eigenvalue weighted by Crippen LogP contribution is -2.44. The normalized spacial score (nSPS) is 14.8. The van der Waals surface area contributed by atoms with Crippen LogP contribution in [0.1, 0.15) is 57.2 Å². The minimum absolute atomic E-state index is 0.0735. The van der Waals surface area contributed by atoms with Gasteiger partial charge in [0.15, 0.2) is 7.28 Å². The van der Waals surface area contributed by atoms with Crippen LogP contribution in [0.3, 0.4) is 0 Å². The van der Waals surface area contributed by atoms with Crippen molar-refractivity contribution in [2.24, 2.45) is 0 Å². The second kappa shape index (κ2) is 14.7. The van der Waals surface area contributed by atoms with Crippen LogP contribution in [0.25, 0.3) is 54.9 Å². The zero-order valence-corrected chi connectivity index (χ0v) is 36.4. The third-order valence-corrected chi connectivity index (χ3v) is 14.0. The molecule has 9 aromatic carbocycles. The van der Waals surface area contributed by atoms with Gasteiger partial charge < -0.3 is 10.2 Å². The van der Waals surface area contributed by atoms with Crippen LogP contribution in [-0.4, -0.2) is 7.28 Å². The number of nitrogens with one attached hydrogen (secondary N) is 1. The van der Waals surface area contributed by atoms with Crippen molar-refractivity contribution in [1.82, 2.24) is 0 Å². The zero-order valence-electron chi connectivity index (χ0n) is 36.4. The van der Waals surface area contributed by atoms with E-state index in [9.17, 15) is 0 Å². The Labute approximate surface area is 367 Å². The molecule has 0 saturated heterocycles. The number of anilines is 5. The summed E-state index contributed by atoms with van der Waals surface area (Å²) in [5.74, 6) is 0. The predicted octanol–water partition coefficient (Wildman–Crippen LogP) is 14.6. The summed E-state index contributed by atoms with van der Waals surface area (Å²) in [5.41, 5.74) is 20.5. The Bertz CT molecular complexity index is 3180. The molecule has 0 fully saturated rings. The number of benzene rings is 9. The fourth-order valence-corrected chi connectivity index (χ4v) is 10.5. The average Bonchev–Trinajstić information content (AvgIpc) is 3.30. The standard InChI is InChI=1S/C59H51BN2/c1-38-24-25-43(40-18-10-7-11-19-40)34-52(38)62-53-37-49-48(58(2,3)32-33-59(49,4)5)36-50(53)60-57-54(62)35-44-21-13-15-23-47(44)56(57)55-46-22-14-12-20-42(46)28-31-51(55)61-45-29-26-41(27-30-45)39-16-8-6-9-17-39/h6-31,34-37,60-61H,32-33H2,1-5H3. The molecule has 0 amide bonds. The van der Waals surface area contributed by atoms with Gasteiger partial charge in [0.25, 0.3) is 0 Å². The number of aryl methyl sites for hydroxylation is 1. The van der Waals surface area contributed by atoms with Gasteiger partial charge >= 0.3 is 0 Å². The van der Waals surface area contributed by atoms with Crippen LogP contribution < -0.4 is 21.1 Å². The van der Waals surface area contributed by atoms with Gasteiger partial charge in [-0.1, -0.05) is 179 Å². The minimum Gasteiger partial charge on any atom is -0.355 e. The smallest absolute Gasteiger partial charge is 0.198 e. The van der Waals surface area contributed by atoms with Gasteiger partial charge in [-0.25, -0.2) is 0 Å². The van der Waals surface area contributed by atoms with Crippen LogP contribution in [-0.2, 0) is 10.8 Å². The van der Waals surface area contributed by atoms with E-state index in [-0.39, 0.29) is 10.8 Å². The number of fused-ring (bicyclic) bond motifs is 5. The first kappa shape index (κ1) is 38.1. The second-order valence-corrected chi connectivity index (χ2v) is 18.9. The third kappa shape index (κ3) is 6.42. The quantitative estimate of drug-likeness (QED) is 0.169. The van der Waals surface area contributed by atoms with Gasteiger partial charge in [0.05, 0.1) is 0 Å². The number of hydrogen-bond acceptors (Lipinski definition) is 2. The third-order valence-electron chi connectivity index (χ3n) is 14.0. The van der Waals surface area contributed by atoms with Gasteiger partial charge in [-0.05, 0) is 139 Å². The lowest BCUT2D eigenvalue weighted by Gasteiger charge is -2.44. The lowest BCUT2D eigenvalue weighted by atomic mass is 9.54. The predicted molar refractivity (Wildman–Crippen MR) is 269 cm³/mol. The van der Waals surface area contributed by atoms with E-state index in [4.69, 9.17) is 0 Å². The summed E-state index contributed by atoms with van der Waals surface area (Å²) < 4.78 is 0. The minimum atomic E-state index is 0.0735. The molecule has 1 aliphatic heterocycles. The molecule has 300 valence electrons. The van der Waals surface area contributed by atoms with Crippen molar-refractivity contribution in [3.63, 3.8) is 0 Å². The molecule has 11 rings (SSSR count). The highest BCUT2D eigenvalue weighted by Crippen LogP contribution is 2.50. The SMILES string of the molecule is Cc1ccc(-c2ccccc2)cc1N1c2cc3c(cc2Bc2c1cc1ccccc1c2-c1c(Nc2ccc(-c4ccccc4)cc2)ccc2ccccc12)C(C)(C)CCC3(C)C. The Hall–Kier alpha value is -6.84. The molecule has 3 heteroatoms. The molecule has 1 N–H and O–H groups in total. The summed E-state index contributed by atoms with van der Waals surface area (Å²) in [6, 6.07) is 67.6. The van der Waals surface area contributed by atoms with Crippen molar-refractivity contribution < 1.29 is 0 Å². The van der Waals surface area contributed by atoms with Crippen LogP contribution in [0.4, 0.5) is 28.4 Å². The molecule has 0 bridgehead atoms. The molecular weight excluding hydrogens is 747 g/mol. The zero-order chi connectivity index (χ0) is 42.2. The van der Waals surface area contributed by atoms with Gasteiger partial charge in [0.1, 0.15) is 0 Å². The molecule has 2 aliphatic rings. The fraction of sp³-hybridized carbons (Fsp3) is 0.153. The molecule has 0 radical (unpaired) electrons. The molecule has 0 unspecified atom stereocenters. The molecule has 0 spiro atoms.